The van der Waals surface area contributed by atoms with Crippen LogP contribution < -0.4 is 10.2 Å². The minimum atomic E-state index is -0.167. The van der Waals surface area contributed by atoms with Gasteiger partial charge in [0, 0.05) is 43.7 Å². The number of rotatable bonds is 4. The molecule has 1 N–H and O–H groups in total. The van der Waals surface area contributed by atoms with Crippen molar-refractivity contribution in [1.29, 1.82) is 0 Å². The molecule has 1 fully saturated rings. The molecule has 0 aromatic heterocycles. The number of likely N-dealkylation sites (N-methyl/N-ethyl adjacent to an activating group) is 1. The smallest absolute Gasteiger partial charge is 0.146 e. The van der Waals surface area contributed by atoms with Gasteiger partial charge in [0.1, 0.15) is 5.82 Å². The van der Waals surface area contributed by atoms with Gasteiger partial charge < -0.3 is 15.1 Å². The second-order valence-electron chi connectivity index (χ2n) is 5.22. The molecule has 3 nitrogen and oxygen atoms in total. The molecule has 1 aliphatic rings. The average molecular weight is 330 g/mol. The van der Waals surface area contributed by atoms with Crippen molar-refractivity contribution in [2.75, 3.05) is 45.2 Å². The van der Waals surface area contributed by atoms with Crippen molar-refractivity contribution in [2.24, 2.45) is 0 Å². The second-order valence-corrected chi connectivity index (χ2v) is 6.13. The Kier molecular flexibility index (Phi) is 5.19. The summed E-state index contributed by atoms with van der Waals surface area (Å²) in [6, 6.07) is 5.55. The first kappa shape index (κ1) is 14.8. The normalized spacial score (nSPS) is 20.5. The van der Waals surface area contributed by atoms with E-state index in [1.54, 1.807) is 6.07 Å². The molecule has 5 heteroatoms. The molecular formula is C14H21BrFN3. The van der Waals surface area contributed by atoms with E-state index in [-0.39, 0.29) is 5.82 Å². The van der Waals surface area contributed by atoms with E-state index >= 15 is 0 Å². The summed E-state index contributed by atoms with van der Waals surface area (Å²) in [6.07, 6.45) is 1.02. The molecule has 0 spiro atoms. The third-order valence-corrected chi connectivity index (χ3v) is 4.08. The lowest BCUT2D eigenvalue weighted by Gasteiger charge is -2.32. The van der Waals surface area contributed by atoms with Crippen molar-refractivity contribution in [2.45, 2.75) is 12.5 Å². The van der Waals surface area contributed by atoms with Gasteiger partial charge in [-0.2, -0.15) is 0 Å². The topological polar surface area (TPSA) is 18.5 Å². The van der Waals surface area contributed by atoms with E-state index in [4.69, 9.17) is 0 Å². The minimum Gasteiger partial charge on any atom is -0.372 e. The third-order valence-electron chi connectivity index (χ3n) is 3.59. The van der Waals surface area contributed by atoms with E-state index in [1.807, 2.05) is 18.0 Å². The molecule has 1 aliphatic heterocycles. The Morgan fingerprint density at radius 1 is 1.53 bits per heavy atom. The SMILES string of the molecule is CN1CCNC(CCN(C)c2cc(Br)ccc2F)C1. The van der Waals surface area contributed by atoms with E-state index in [9.17, 15) is 4.39 Å². The Bertz CT molecular complexity index is 427. The molecule has 1 saturated heterocycles. The monoisotopic (exact) mass is 329 g/mol. The van der Waals surface area contributed by atoms with Gasteiger partial charge in [0.2, 0.25) is 0 Å². The first-order valence-corrected chi connectivity index (χ1v) is 7.43. The van der Waals surface area contributed by atoms with Gasteiger partial charge in [-0.1, -0.05) is 15.9 Å². The molecular weight excluding hydrogens is 309 g/mol. The summed E-state index contributed by atoms with van der Waals surface area (Å²) in [5, 5.41) is 3.51. The van der Waals surface area contributed by atoms with Crippen molar-refractivity contribution < 1.29 is 4.39 Å². The van der Waals surface area contributed by atoms with Crippen LogP contribution in [0.3, 0.4) is 0 Å². The summed E-state index contributed by atoms with van der Waals surface area (Å²) in [6.45, 7) is 4.05. The highest BCUT2D eigenvalue weighted by molar-refractivity contribution is 9.10. The lowest BCUT2D eigenvalue weighted by atomic mass is 10.1. The van der Waals surface area contributed by atoms with E-state index in [2.05, 4.69) is 33.2 Å². The number of benzene rings is 1. The number of nitrogens with zero attached hydrogens (tertiary/aromatic N) is 2. The standard InChI is InChI=1S/C14H21BrFN3/c1-18-8-6-17-12(10-18)5-7-19(2)14-9-11(15)3-4-13(14)16/h3-4,9,12,17H,5-8,10H2,1-2H3. The molecule has 0 radical (unpaired) electrons. The van der Waals surface area contributed by atoms with Crippen LogP contribution in [0.1, 0.15) is 6.42 Å². The Balaban J connectivity index is 1.90. The summed E-state index contributed by atoms with van der Waals surface area (Å²) >= 11 is 3.39. The highest BCUT2D eigenvalue weighted by Gasteiger charge is 2.17. The highest BCUT2D eigenvalue weighted by atomic mass is 79.9. The molecule has 1 aromatic carbocycles. The lowest BCUT2D eigenvalue weighted by molar-refractivity contribution is 0.233. The first-order valence-electron chi connectivity index (χ1n) is 6.64. The number of piperazine rings is 1. The molecule has 1 heterocycles. The molecule has 0 bridgehead atoms. The molecule has 1 atom stereocenters. The zero-order valence-electron chi connectivity index (χ0n) is 11.5. The maximum atomic E-state index is 13.8. The maximum Gasteiger partial charge on any atom is 0.146 e. The predicted molar refractivity (Wildman–Crippen MR) is 81.3 cm³/mol. The van der Waals surface area contributed by atoms with Gasteiger partial charge in [-0.15, -0.1) is 0 Å². The number of anilines is 1. The zero-order valence-corrected chi connectivity index (χ0v) is 13.1. The Labute approximate surface area is 122 Å². The Morgan fingerprint density at radius 3 is 3.05 bits per heavy atom. The van der Waals surface area contributed by atoms with Crippen molar-refractivity contribution in [3.8, 4) is 0 Å². The maximum absolute atomic E-state index is 13.8. The van der Waals surface area contributed by atoms with E-state index in [0.29, 0.717) is 11.7 Å². The van der Waals surface area contributed by atoms with Gasteiger partial charge in [-0.3, -0.25) is 0 Å². The Morgan fingerprint density at radius 2 is 2.32 bits per heavy atom. The van der Waals surface area contributed by atoms with Crippen LogP contribution in [0.4, 0.5) is 10.1 Å². The van der Waals surface area contributed by atoms with Gasteiger partial charge in [0.05, 0.1) is 5.69 Å². The van der Waals surface area contributed by atoms with Gasteiger partial charge >= 0.3 is 0 Å². The van der Waals surface area contributed by atoms with Gasteiger partial charge in [0.15, 0.2) is 0 Å². The number of nitrogens with one attached hydrogen (secondary N) is 1. The molecule has 1 aromatic rings. The predicted octanol–water partition coefficient (Wildman–Crippen LogP) is 2.32. The molecule has 106 valence electrons. The fourth-order valence-corrected chi connectivity index (χ4v) is 2.78. The van der Waals surface area contributed by atoms with E-state index < -0.39 is 0 Å². The van der Waals surface area contributed by atoms with Crippen LogP contribution in [0.5, 0.6) is 0 Å². The average Bonchev–Trinajstić information content (AvgIpc) is 2.39. The van der Waals surface area contributed by atoms with Crippen LogP contribution in [-0.4, -0.2) is 51.2 Å². The largest absolute Gasteiger partial charge is 0.372 e. The summed E-state index contributed by atoms with van der Waals surface area (Å²) in [4.78, 5) is 4.32. The summed E-state index contributed by atoms with van der Waals surface area (Å²) < 4.78 is 14.7. The number of halogens is 2. The van der Waals surface area contributed by atoms with Crippen molar-refractivity contribution in [1.82, 2.24) is 10.2 Å². The Hall–Kier alpha value is -0.650. The molecule has 0 aliphatic carbocycles. The lowest BCUT2D eigenvalue weighted by Crippen LogP contribution is -2.49. The quantitative estimate of drug-likeness (QED) is 0.914. The zero-order chi connectivity index (χ0) is 13.8. The van der Waals surface area contributed by atoms with Crippen LogP contribution in [0.2, 0.25) is 0 Å². The minimum absolute atomic E-state index is 0.167. The van der Waals surface area contributed by atoms with Crippen molar-refractivity contribution in [3.63, 3.8) is 0 Å². The highest BCUT2D eigenvalue weighted by Crippen LogP contribution is 2.23. The van der Waals surface area contributed by atoms with Crippen LogP contribution in [-0.2, 0) is 0 Å². The van der Waals surface area contributed by atoms with Crippen molar-refractivity contribution >= 4 is 21.6 Å². The molecule has 0 amide bonds. The molecule has 2 rings (SSSR count). The first-order chi connectivity index (χ1) is 9.06. The summed E-state index contributed by atoms with van der Waals surface area (Å²) in [5.74, 6) is -0.167. The summed E-state index contributed by atoms with van der Waals surface area (Å²) in [5.41, 5.74) is 0.651. The fourth-order valence-electron chi connectivity index (χ4n) is 2.43. The van der Waals surface area contributed by atoms with Gasteiger partial charge in [0.25, 0.3) is 0 Å². The molecule has 19 heavy (non-hydrogen) atoms. The summed E-state index contributed by atoms with van der Waals surface area (Å²) in [7, 11) is 4.09. The van der Waals surface area contributed by atoms with E-state index in [0.717, 1.165) is 37.1 Å². The van der Waals surface area contributed by atoms with Crippen LogP contribution >= 0.6 is 15.9 Å². The third kappa shape index (κ3) is 4.16. The molecule has 0 saturated carbocycles. The number of hydrogen-bond acceptors (Lipinski definition) is 3. The van der Waals surface area contributed by atoms with Gasteiger partial charge in [-0.25, -0.2) is 4.39 Å². The van der Waals surface area contributed by atoms with Crippen molar-refractivity contribution in [3.05, 3.63) is 28.5 Å². The van der Waals surface area contributed by atoms with Crippen LogP contribution in [0.15, 0.2) is 22.7 Å². The van der Waals surface area contributed by atoms with Crippen LogP contribution in [0, 0.1) is 5.82 Å². The second kappa shape index (κ2) is 6.68. The van der Waals surface area contributed by atoms with Gasteiger partial charge in [-0.05, 0) is 31.7 Å². The number of hydrogen-bond donors (Lipinski definition) is 1. The fraction of sp³-hybridized carbons (Fsp3) is 0.571. The van der Waals surface area contributed by atoms with E-state index in [1.165, 1.54) is 6.07 Å². The molecule has 1 unspecified atom stereocenters. The van der Waals surface area contributed by atoms with Crippen LogP contribution in [0.25, 0.3) is 0 Å².